The van der Waals surface area contributed by atoms with Crippen molar-refractivity contribution in [2.75, 3.05) is 37.0 Å². The quantitative estimate of drug-likeness (QED) is 0.575. The van der Waals surface area contributed by atoms with Crippen molar-refractivity contribution in [1.82, 2.24) is 29.4 Å². The molecular formula is C12H19N9. The van der Waals surface area contributed by atoms with E-state index in [0.717, 1.165) is 19.6 Å². The number of nitrogen functional groups attached to an aromatic ring is 1. The summed E-state index contributed by atoms with van der Waals surface area (Å²) in [4.78, 5) is 21.6. The maximum Gasteiger partial charge on any atom is 0.243 e. The van der Waals surface area contributed by atoms with E-state index in [0.29, 0.717) is 23.9 Å². The van der Waals surface area contributed by atoms with Crippen molar-refractivity contribution in [1.29, 1.82) is 0 Å². The fourth-order valence-corrected chi connectivity index (χ4v) is 2.48. The Morgan fingerprint density at radius 3 is 2.71 bits per heavy atom. The van der Waals surface area contributed by atoms with Gasteiger partial charge >= 0.3 is 0 Å². The molecule has 3 N–H and O–H groups in total. The topological polar surface area (TPSA) is 101 Å². The van der Waals surface area contributed by atoms with Crippen molar-refractivity contribution >= 4 is 11.9 Å². The van der Waals surface area contributed by atoms with Crippen LogP contribution in [0.1, 0.15) is 6.92 Å². The van der Waals surface area contributed by atoms with Crippen LogP contribution < -0.4 is 16.2 Å². The van der Waals surface area contributed by atoms with Gasteiger partial charge in [0.2, 0.25) is 17.8 Å². The summed E-state index contributed by atoms with van der Waals surface area (Å²) in [6, 6.07) is 0.326. The summed E-state index contributed by atoms with van der Waals surface area (Å²) in [6.07, 6.45) is 5.11. The number of nitrogens with one attached hydrogen (secondary N) is 1. The lowest BCUT2D eigenvalue weighted by molar-refractivity contribution is 0.273. The number of aromatic nitrogens is 5. The average Bonchev–Trinajstić information content (AvgIpc) is 3.01. The fourth-order valence-electron chi connectivity index (χ4n) is 2.48. The third-order valence-corrected chi connectivity index (χ3v) is 3.56. The summed E-state index contributed by atoms with van der Waals surface area (Å²) in [6.45, 7) is 4.97. The van der Waals surface area contributed by atoms with Gasteiger partial charge in [-0.3, -0.25) is 9.99 Å². The summed E-state index contributed by atoms with van der Waals surface area (Å²) in [7, 11) is 2.12. The lowest BCUT2D eigenvalue weighted by Crippen LogP contribution is -2.51. The van der Waals surface area contributed by atoms with Gasteiger partial charge in [-0.05, 0) is 14.0 Å². The SMILES string of the molecule is CC1CN(C)CCN1c1nc(NN)nc(-n2ccnc2)n1. The molecule has 112 valence electrons. The van der Waals surface area contributed by atoms with E-state index in [9.17, 15) is 0 Å². The van der Waals surface area contributed by atoms with Crippen molar-refractivity contribution in [3.8, 4) is 5.95 Å². The Bertz CT molecular complexity index is 597. The second kappa shape index (κ2) is 5.62. The van der Waals surface area contributed by atoms with Gasteiger partial charge in [0.15, 0.2) is 0 Å². The first-order valence-corrected chi connectivity index (χ1v) is 6.83. The number of hydrogen-bond donors (Lipinski definition) is 2. The smallest absolute Gasteiger partial charge is 0.243 e. The number of nitrogens with zero attached hydrogens (tertiary/aromatic N) is 7. The van der Waals surface area contributed by atoms with E-state index < -0.39 is 0 Å². The number of rotatable bonds is 3. The Labute approximate surface area is 122 Å². The summed E-state index contributed by atoms with van der Waals surface area (Å²) in [5.41, 5.74) is 2.50. The van der Waals surface area contributed by atoms with E-state index in [4.69, 9.17) is 5.84 Å². The average molecular weight is 289 g/mol. The van der Waals surface area contributed by atoms with Crippen molar-refractivity contribution < 1.29 is 0 Å². The Morgan fingerprint density at radius 2 is 2.05 bits per heavy atom. The molecule has 1 aliphatic rings. The molecule has 0 saturated carbocycles. The minimum atomic E-state index is 0.326. The van der Waals surface area contributed by atoms with Gasteiger partial charge in [0, 0.05) is 38.1 Å². The summed E-state index contributed by atoms with van der Waals surface area (Å²) >= 11 is 0. The number of nitrogens with two attached hydrogens (primary N) is 1. The van der Waals surface area contributed by atoms with Crippen LogP contribution in [0, 0.1) is 0 Å². The van der Waals surface area contributed by atoms with Gasteiger partial charge in [0.05, 0.1) is 0 Å². The lowest BCUT2D eigenvalue weighted by Gasteiger charge is -2.38. The Morgan fingerprint density at radius 1 is 1.24 bits per heavy atom. The number of hydrazine groups is 1. The van der Waals surface area contributed by atoms with Crippen LogP contribution in [0.25, 0.3) is 5.95 Å². The van der Waals surface area contributed by atoms with Crippen LogP contribution in [-0.4, -0.2) is 62.1 Å². The van der Waals surface area contributed by atoms with Gasteiger partial charge in [-0.2, -0.15) is 15.0 Å². The highest BCUT2D eigenvalue weighted by Crippen LogP contribution is 2.18. The number of anilines is 2. The first kappa shape index (κ1) is 13.7. The van der Waals surface area contributed by atoms with Gasteiger partial charge in [0.25, 0.3) is 0 Å². The van der Waals surface area contributed by atoms with E-state index in [1.165, 1.54) is 0 Å². The molecule has 21 heavy (non-hydrogen) atoms. The zero-order valence-electron chi connectivity index (χ0n) is 12.1. The van der Waals surface area contributed by atoms with Gasteiger partial charge < -0.3 is 9.80 Å². The van der Waals surface area contributed by atoms with E-state index >= 15 is 0 Å². The summed E-state index contributed by atoms with van der Waals surface area (Å²) in [5.74, 6) is 6.94. The molecular weight excluding hydrogens is 270 g/mol. The highest BCUT2D eigenvalue weighted by Gasteiger charge is 2.24. The molecule has 0 aliphatic carbocycles. The molecule has 2 aromatic rings. The molecule has 1 fully saturated rings. The van der Waals surface area contributed by atoms with Crippen LogP contribution in [0.2, 0.25) is 0 Å². The van der Waals surface area contributed by atoms with Crippen LogP contribution in [0.4, 0.5) is 11.9 Å². The molecule has 1 saturated heterocycles. The van der Waals surface area contributed by atoms with Crippen LogP contribution in [0.15, 0.2) is 18.7 Å². The normalized spacial score (nSPS) is 19.8. The monoisotopic (exact) mass is 289 g/mol. The van der Waals surface area contributed by atoms with E-state index in [2.05, 4.69) is 49.1 Å². The Hall–Kier alpha value is -2.26. The van der Waals surface area contributed by atoms with Crippen LogP contribution >= 0.6 is 0 Å². The highest BCUT2D eigenvalue weighted by molar-refractivity contribution is 5.41. The van der Waals surface area contributed by atoms with E-state index in [1.54, 1.807) is 23.3 Å². The van der Waals surface area contributed by atoms with Crippen molar-refractivity contribution in [3.05, 3.63) is 18.7 Å². The number of likely N-dealkylation sites (N-methyl/N-ethyl adjacent to an activating group) is 1. The Balaban J connectivity index is 1.96. The third kappa shape index (κ3) is 2.78. The van der Waals surface area contributed by atoms with Gasteiger partial charge in [-0.15, -0.1) is 0 Å². The maximum absolute atomic E-state index is 5.47. The first-order chi connectivity index (χ1) is 10.2. The molecule has 0 aromatic carbocycles. The maximum atomic E-state index is 5.47. The zero-order chi connectivity index (χ0) is 14.8. The number of hydrogen-bond acceptors (Lipinski definition) is 8. The minimum Gasteiger partial charge on any atom is -0.335 e. The van der Waals surface area contributed by atoms with Gasteiger partial charge in [-0.25, -0.2) is 10.8 Å². The third-order valence-electron chi connectivity index (χ3n) is 3.56. The molecule has 1 unspecified atom stereocenters. The fraction of sp³-hybridized carbons (Fsp3) is 0.500. The van der Waals surface area contributed by atoms with Crippen LogP contribution in [-0.2, 0) is 0 Å². The number of imidazole rings is 1. The van der Waals surface area contributed by atoms with Crippen LogP contribution in [0.3, 0.4) is 0 Å². The van der Waals surface area contributed by atoms with Crippen molar-refractivity contribution in [3.63, 3.8) is 0 Å². The largest absolute Gasteiger partial charge is 0.335 e. The molecule has 3 heterocycles. The molecule has 3 rings (SSSR count). The van der Waals surface area contributed by atoms with E-state index in [1.807, 2.05) is 0 Å². The second-order valence-electron chi connectivity index (χ2n) is 5.18. The minimum absolute atomic E-state index is 0.326. The van der Waals surface area contributed by atoms with E-state index in [-0.39, 0.29) is 0 Å². The van der Waals surface area contributed by atoms with Crippen molar-refractivity contribution in [2.24, 2.45) is 5.84 Å². The molecule has 0 spiro atoms. The summed E-state index contributed by atoms with van der Waals surface area (Å²) < 4.78 is 1.73. The second-order valence-corrected chi connectivity index (χ2v) is 5.18. The summed E-state index contributed by atoms with van der Waals surface area (Å²) in [5, 5.41) is 0. The van der Waals surface area contributed by atoms with Gasteiger partial charge in [-0.1, -0.05) is 0 Å². The molecule has 9 nitrogen and oxygen atoms in total. The van der Waals surface area contributed by atoms with Crippen molar-refractivity contribution in [2.45, 2.75) is 13.0 Å². The van der Waals surface area contributed by atoms with Gasteiger partial charge in [0.1, 0.15) is 6.33 Å². The number of piperazine rings is 1. The zero-order valence-corrected chi connectivity index (χ0v) is 12.1. The molecule has 0 amide bonds. The molecule has 1 atom stereocenters. The van der Waals surface area contributed by atoms with Crippen LogP contribution in [0.5, 0.6) is 0 Å². The molecule has 2 aromatic heterocycles. The molecule has 1 aliphatic heterocycles. The lowest BCUT2D eigenvalue weighted by atomic mass is 10.2. The molecule has 0 bridgehead atoms. The first-order valence-electron chi connectivity index (χ1n) is 6.83. The molecule has 9 heteroatoms. The highest BCUT2D eigenvalue weighted by atomic mass is 15.4. The predicted molar refractivity (Wildman–Crippen MR) is 79.1 cm³/mol. The standard InChI is InChI=1S/C12H19N9/c1-9-7-19(2)5-6-21(9)12-16-10(18-13)15-11(17-12)20-4-3-14-8-20/h3-4,8-9H,5-7,13H2,1-2H3,(H,15,16,17,18). The Kier molecular flexibility index (Phi) is 3.67. The molecule has 0 radical (unpaired) electrons. The predicted octanol–water partition coefficient (Wildman–Crippen LogP) is -0.517.